The highest BCUT2D eigenvalue weighted by molar-refractivity contribution is 9.10. The lowest BCUT2D eigenvalue weighted by molar-refractivity contribution is 0.624. The number of halogens is 2. The lowest BCUT2D eigenvalue weighted by atomic mass is 10.1. The Balaban J connectivity index is 1.47. The van der Waals surface area contributed by atoms with E-state index in [4.69, 9.17) is 12.2 Å². The van der Waals surface area contributed by atoms with E-state index in [1.807, 2.05) is 36.5 Å². The normalized spacial score (nSPS) is 10.8. The highest BCUT2D eigenvalue weighted by Gasteiger charge is 2.10. The van der Waals surface area contributed by atoms with Gasteiger partial charge in [0.15, 0.2) is 10.9 Å². The van der Waals surface area contributed by atoms with Crippen LogP contribution < -0.4 is 10.6 Å². The molecule has 0 atom stereocenters. The summed E-state index contributed by atoms with van der Waals surface area (Å²) in [5.74, 6) is 0.359. The molecule has 0 spiro atoms. The molecule has 3 aromatic carbocycles. The molecule has 0 aliphatic rings. The number of hydrogen-bond acceptors (Lipinski definition) is 2. The minimum atomic E-state index is -0.252. The van der Waals surface area contributed by atoms with E-state index in [1.165, 1.54) is 12.1 Å². The van der Waals surface area contributed by atoms with Crippen LogP contribution in [0.25, 0.3) is 10.8 Å². The second kappa shape index (κ2) is 8.08. The van der Waals surface area contributed by atoms with Gasteiger partial charge in [-0.2, -0.15) is 5.10 Å². The fourth-order valence-electron chi connectivity index (χ4n) is 2.94. The first-order chi connectivity index (χ1) is 13.6. The van der Waals surface area contributed by atoms with Gasteiger partial charge in [0.05, 0.1) is 11.0 Å². The maximum absolute atomic E-state index is 13.1. The molecule has 1 heterocycles. The van der Waals surface area contributed by atoms with Gasteiger partial charge in [-0.05, 0) is 57.3 Å². The lowest BCUT2D eigenvalue weighted by Crippen LogP contribution is -2.20. The number of anilines is 2. The first kappa shape index (κ1) is 18.6. The zero-order valence-electron chi connectivity index (χ0n) is 14.7. The first-order valence-corrected chi connectivity index (χ1v) is 9.82. The fourth-order valence-corrected chi connectivity index (χ4v) is 3.56. The van der Waals surface area contributed by atoms with Gasteiger partial charge in [0.1, 0.15) is 5.82 Å². The minimum absolute atomic E-state index is 0.252. The summed E-state index contributed by atoms with van der Waals surface area (Å²) in [5.41, 5.74) is 1.89. The van der Waals surface area contributed by atoms with Crippen LogP contribution in [0.15, 0.2) is 77.4 Å². The molecule has 4 nitrogen and oxygen atoms in total. The Morgan fingerprint density at radius 1 is 1.00 bits per heavy atom. The molecule has 0 amide bonds. The van der Waals surface area contributed by atoms with Crippen molar-refractivity contribution in [2.75, 3.05) is 10.6 Å². The molecule has 7 heteroatoms. The summed E-state index contributed by atoms with van der Waals surface area (Å²) in [6.45, 7) is 0.532. The number of rotatable bonds is 4. The summed E-state index contributed by atoms with van der Waals surface area (Å²) in [4.78, 5) is 0. The number of nitrogens with zero attached hydrogens (tertiary/aromatic N) is 2. The van der Waals surface area contributed by atoms with E-state index in [2.05, 4.69) is 43.8 Å². The molecule has 0 bridgehead atoms. The van der Waals surface area contributed by atoms with E-state index >= 15 is 0 Å². The van der Waals surface area contributed by atoms with E-state index in [-0.39, 0.29) is 5.82 Å². The summed E-state index contributed by atoms with van der Waals surface area (Å²) < 4.78 is 15.6. The van der Waals surface area contributed by atoms with Crippen LogP contribution in [0.1, 0.15) is 5.56 Å². The summed E-state index contributed by atoms with van der Waals surface area (Å²) in [5, 5.41) is 13.5. The Kier molecular flexibility index (Phi) is 5.36. The fraction of sp³-hybridized carbons (Fsp3) is 0.0476. The monoisotopic (exact) mass is 454 g/mol. The molecule has 1 aromatic heterocycles. The molecule has 140 valence electrons. The maximum atomic E-state index is 13.1. The Morgan fingerprint density at radius 2 is 1.75 bits per heavy atom. The van der Waals surface area contributed by atoms with Crippen molar-refractivity contribution in [1.82, 2.24) is 9.78 Å². The van der Waals surface area contributed by atoms with Crippen molar-refractivity contribution in [1.29, 1.82) is 0 Å². The van der Waals surface area contributed by atoms with Crippen LogP contribution in [-0.2, 0) is 6.54 Å². The Bertz CT molecular complexity index is 1140. The van der Waals surface area contributed by atoms with Gasteiger partial charge in [-0.1, -0.05) is 48.5 Å². The van der Waals surface area contributed by atoms with Crippen molar-refractivity contribution in [3.8, 4) is 0 Å². The van der Waals surface area contributed by atoms with Gasteiger partial charge >= 0.3 is 0 Å². The second-order valence-corrected chi connectivity index (χ2v) is 7.52. The first-order valence-electron chi connectivity index (χ1n) is 8.62. The number of aromatic nitrogens is 2. The van der Waals surface area contributed by atoms with Gasteiger partial charge in [-0.3, -0.25) is 4.68 Å². The highest BCUT2D eigenvalue weighted by Crippen LogP contribution is 2.24. The smallest absolute Gasteiger partial charge is 0.176 e. The minimum Gasteiger partial charge on any atom is -0.332 e. The second-order valence-electron chi connectivity index (χ2n) is 6.26. The van der Waals surface area contributed by atoms with Crippen LogP contribution >= 0.6 is 28.1 Å². The molecule has 0 saturated heterocycles. The molecule has 2 N–H and O–H groups in total. The lowest BCUT2D eigenvalue weighted by Gasteiger charge is -2.11. The van der Waals surface area contributed by atoms with Crippen molar-refractivity contribution >= 4 is 55.5 Å². The molecule has 0 fully saturated rings. The Labute approximate surface area is 175 Å². The van der Waals surface area contributed by atoms with Gasteiger partial charge in [0, 0.05) is 17.3 Å². The van der Waals surface area contributed by atoms with Crippen LogP contribution in [0.4, 0.5) is 15.9 Å². The third-order valence-electron chi connectivity index (χ3n) is 4.24. The number of benzene rings is 3. The Hall–Kier alpha value is -2.77. The van der Waals surface area contributed by atoms with E-state index in [0.29, 0.717) is 17.5 Å². The van der Waals surface area contributed by atoms with Crippen molar-refractivity contribution in [2.45, 2.75) is 6.54 Å². The van der Waals surface area contributed by atoms with Crippen LogP contribution in [0.2, 0.25) is 0 Å². The molecule has 0 aliphatic carbocycles. The van der Waals surface area contributed by atoms with Crippen LogP contribution in [-0.4, -0.2) is 14.9 Å². The molecule has 28 heavy (non-hydrogen) atoms. The summed E-state index contributed by atoms with van der Waals surface area (Å²) in [7, 11) is 0. The van der Waals surface area contributed by atoms with E-state index in [9.17, 15) is 4.39 Å². The molecule has 4 aromatic rings. The molecule has 0 unspecified atom stereocenters. The predicted molar refractivity (Wildman–Crippen MR) is 119 cm³/mol. The molecule has 0 radical (unpaired) electrons. The van der Waals surface area contributed by atoms with Gasteiger partial charge in [-0.15, -0.1) is 0 Å². The van der Waals surface area contributed by atoms with Gasteiger partial charge < -0.3 is 10.6 Å². The van der Waals surface area contributed by atoms with Gasteiger partial charge in [0.25, 0.3) is 0 Å². The summed E-state index contributed by atoms with van der Waals surface area (Å²) in [6.07, 6.45) is 1.85. The number of fused-ring (bicyclic) bond motifs is 1. The number of nitrogens with one attached hydrogen (secondary N) is 2. The molecular formula is C21H16BrFN4S. The molecule has 0 aliphatic heterocycles. The van der Waals surface area contributed by atoms with E-state index in [1.54, 1.807) is 16.8 Å². The van der Waals surface area contributed by atoms with Crippen molar-refractivity contribution in [3.05, 3.63) is 88.8 Å². The van der Waals surface area contributed by atoms with Crippen molar-refractivity contribution in [3.63, 3.8) is 0 Å². The molecule has 0 saturated carbocycles. The average Bonchev–Trinajstić information content (AvgIpc) is 3.02. The highest BCUT2D eigenvalue weighted by atomic mass is 79.9. The third-order valence-corrected chi connectivity index (χ3v) is 5.03. The Morgan fingerprint density at radius 3 is 2.57 bits per heavy atom. The van der Waals surface area contributed by atoms with E-state index < -0.39 is 0 Å². The van der Waals surface area contributed by atoms with Gasteiger partial charge in [0.2, 0.25) is 0 Å². The molecular weight excluding hydrogens is 439 g/mol. The molecule has 4 rings (SSSR count). The SMILES string of the molecule is Fc1ccc(Cn2cc(Br)c(NC(=S)Nc3cccc4ccccc34)n2)cc1. The average molecular weight is 455 g/mol. The zero-order chi connectivity index (χ0) is 19.5. The zero-order valence-corrected chi connectivity index (χ0v) is 17.1. The standard InChI is InChI=1S/C21H16BrFN4S/c22-18-13-27(12-14-8-10-16(23)11-9-14)26-20(18)25-21(28)24-19-7-3-5-15-4-1-2-6-17(15)19/h1-11,13H,12H2,(H2,24,25,26,28). The maximum Gasteiger partial charge on any atom is 0.176 e. The largest absolute Gasteiger partial charge is 0.332 e. The topological polar surface area (TPSA) is 41.9 Å². The van der Waals surface area contributed by atoms with Crippen molar-refractivity contribution < 1.29 is 4.39 Å². The summed E-state index contributed by atoms with van der Waals surface area (Å²) >= 11 is 8.96. The van der Waals surface area contributed by atoms with E-state index in [0.717, 1.165) is 26.5 Å². The van der Waals surface area contributed by atoms with Crippen LogP contribution in [0.5, 0.6) is 0 Å². The van der Waals surface area contributed by atoms with Crippen LogP contribution in [0, 0.1) is 5.82 Å². The predicted octanol–water partition coefficient (Wildman–Crippen LogP) is 5.80. The van der Waals surface area contributed by atoms with Gasteiger partial charge in [-0.25, -0.2) is 4.39 Å². The number of thiocarbonyl (C=S) groups is 1. The van der Waals surface area contributed by atoms with Crippen molar-refractivity contribution in [2.24, 2.45) is 0 Å². The number of hydrogen-bond donors (Lipinski definition) is 2. The summed E-state index contributed by atoms with van der Waals surface area (Å²) in [6, 6.07) is 20.5. The third kappa shape index (κ3) is 4.21. The quantitative estimate of drug-likeness (QED) is 0.382. The van der Waals surface area contributed by atoms with Crippen LogP contribution in [0.3, 0.4) is 0 Å².